The van der Waals surface area contributed by atoms with Gasteiger partial charge in [-0.3, -0.25) is 0 Å². The van der Waals surface area contributed by atoms with Gasteiger partial charge in [-0.25, -0.2) is 4.79 Å². The number of nitrogens with zero attached hydrogens (tertiary/aromatic N) is 1. The van der Waals surface area contributed by atoms with Crippen LogP contribution in [0.1, 0.15) is 13.3 Å². The molecule has 0 spiro atoms. The fraction of sp³-hybridized carbons (Fsp3) is 0.438. The molecule has 0 aromatic heterocycles. The van der Waals surface area contributed by atoms with Gasteiger partial charge in [0.2, 0.25) is 0 Å². The summed E-state index contributed by atoms with van der Waals surface area (Å²) >= 11 is 0. The molecule has 110 valence electrons. The average molecular weight is 276 g/mol. The molecule has 1 N–H and O–H groups in total. The summed E-state index contributed by atoms with van der Waals surface area (Å²) in [6, 6.07) is 10.3. The highest BCUT2D eigenvalue weighted by molar-refractivity contribution is 5.81. The minimum atomic E-state index is -0.280. The summed E-state index contributed by atoms with van der Waals surface area (Å²) in [6.07, 6.45) is 4.31. The van der Waals surface area contributed by atoms with E-state index in [0.29, 0.717) is 13.2 Å². The molecule has 0 fully saturated rings. The molecular formula is C16H24N2O2. The Labute approximate surface area is 121 Å². The number of para-hydroxylation sites is 1. The van der Waals surface area contributed by atoms with Crippen LogP contribution in [0.3, 0.4) is 0 Å². The number of ether oxygens (including phenoxy) is 1. The summed E-state index contributed by atoms with van der Waals surface area (Å²) in [5.74, 6) is -0.280. The number of anilines is 1. The van der Waals surface area contributed by atoms with Crippen molar-refractivity contribution in [3.05, 3.63) is 42.5 Å². The molecule has 1 aromatic rings. The Hall–Kier alpha value is -1.81. The lowest BCUT2D eigenvalue weighted by atomic mass is 10.3. The molecule has 0 amide bonds. The molecule has 0 aliphatic carbocycles. The van der Waals surface area contributed by atoms with E-state index in [1.807, 2.05) is 18.2 Å². The molecule has 0 aliphatic heterocycles. The van der Waals surface area contributed by atoms with Crippen LogP contribution >= 0.6 is 0 Å². The molecule has 4 nitrogen and oxygen atoms in total. The first-order valence-electron chi connectivity index (χ1n) is 7.04. The van der Waals surface area contributed by atoms with Crippen LogP contribution in [0.2, 0.25) is 0 Å². The Bertz CT molecular complexity index is 404. The summed E-state index contributed by atoms with van der Waals surface area (Å²) < 4.78 is 4.79. The number of hydrogen-bond donors (Lipinski definition) is 1. The highest BCUT2D eigenvalue weighted by atomic mass is 16.5. The smallest absolute Gasteiger partial charge is 0.330 e. The molecule has 0 saturated heterocycles. The normalized spacial score (nSPS) is 10.7. The number of carbonyl (C=O) groups is 1. The van der Waals surface area contributed by atoms with E-state index in [9.17, 15) is 4.79 Å². The van der Waals surface area contributed by atoms with E-state index in [4.69, 9.17) is 4.74 Å². The Morgan fingerprint density at radius 3 is 2.80 bits per heavy atom. The molecule has 0 atom stereocenters. The third kappa shape index (κ3) is 6.95. The van der Waals surface area contributed by atoms with Crippen molar-refractivity contribution in [1.82, 2.24) is 5.32 Å². The van der Waals surface area contributed by atoms with Crippen LogP contribution in [0.4, 0.5) is 5.69 Å². The quantitative estimate of drug-likeness (QED) is 0.426. The van der Waals surface area contributed by atoms with Gasteiger partial charge in [-0.2, -0.15) is 0 Å². The molecule has 1 aromatic carbocycles. The minimum absolute atomic E-state index is 0.280. The number of benzene rings is 1. The molecule has 1 rings (SSSR count). The second kappa shape index (κ2) is 10.0. The third-order valence-corrected chi connectivity index (χ3v) is 2.85. The van der Waals surface area contributed by atoms with Gasteiger partial charge in [0.15, 0.2) is 0 Å². The summed E-state index contributed by atoms with van der Waals surface area (Å²) in [5.41, 5.74) is 1.23. The molecule has 0 unspecified atom stereocenters. The third-order valence-electron chi connectivity index (χ3n) is 2.85. The molecule has 0 heterocycles. The van der Waals surface area contributed by atoms with Gasteiger partial charge in [0, 0.05) is 31.9 Å². The van der Waals surface area contributed by atoms with E-state index in [1.165, 1.54) is 11.8 Å². The highest BCUT2D eigenvalue weighted by Crippen LogP contribution is 2.10. The number of carbonyl (C=O) groups excluding carboxylic acids is 1. The minimum Gasteiger partial charge on any atom is -0.463 e. The van der Waals surface area contributed by atoms with Gasteiger partial charge < -0.3 is 15.0 Å². The molecule has 0 saturated carbocycles. The standard InChI is InChI=1S/C16H24N2O2/c1-3-20-16(19)11-7-12-17-13-8-14-18(2)15-9-5-4-6-10-15/h4-7,9-11,17H,3,8,12-14H2,1-2H3/b11-7+. The molecule has 0 radical (unpaired) electrons. The summed E-state index contributed by atoms with van der Waals surface area (Å²) in [6.45, 7) is 4.83. The van der Waals surface area contributed by atoms with Gasteiger partial charge in [0.25, 0.3) is 0 Å². The van der Waals surface area contributed by atoms with Crippen molar-refractivity contribution in [2.45, 2.75) is 13.3 Å². The van der Waals surface area contributed by atoms with Gasteiger partial charge in [0.05, 0.1) is 6.61 Å². The van der Waals surface area contributed by atoms with Gasteiger partial charge in [0.1, 0.15) is 0 Å². The molecule has 4 heteroatoms. The topological polar surface area (TPSA) is 41.6 Å². The first-order valence-corrected chi connectivity index (χ1v) is 7.04. The van der Waals surface area contributed by atoms with Crippen LogP contribution in [0.5, 0.6) is 0 Å². The SMILES string of the molecule is CCOC(=O)/C=C/CNCCCN(C)c1ccccc1. The van der Waals surface area contributed by atoms with E-state index in [0.717, 1.165) is 19.5 Å². The predicted octanol–water partition coefficient (Wildman–Crippen LogP) is 2.22. The Balaban J connectivity index is 2.06. The first-order chi connectivity index (χ1) is 9.74. The van der Waals surface area contributed by atoms with Crippen molar-refractivity contribution in [3.63, 3.8) is 0 Å². The average Bonchev–Trinajstić information content (AvgIpc) is 2.47. The Morgan fingerprint density at radius 2 is 2.10 bits per heavy atom. The van der Waals surface area contributed by atoms with Crippen molar-refractivity contribution in [1.29, 1.82) is 0 Å². The zero-order valence-corrected chi connectivity index (χ0v) is 12.3. The fourth-order valence-corrected chi connectivity index (χ4v) is 1.78. The maximum Gasteiger partial charge on any atom is 0.330 e. The zero-order valence-electron chi connectivity index (χ0n) is 12.3. The Morgan fingerprint density at radius 1 is 1.35 bits per heavy atom. The van der Waals surface area contributed by atoms with Crippen LogP contribution in [0.25, 0.3) is 0 Å². The monoisotopic (exact) mass is 276 g/mol. The lowest BCUT2D eigenvalue weighted by Crippen LogP contribution is -2.23. The van der Waals surface area contributed by atoms with E-state index < -0.39 is 0 Å². The van der Waals surface area contributed by atoms with E-state index in [2.05, 4.69) is 29.4 Å². The van der Waals surface area contributed by atoms with E-state index in [-0.39, 0.29) is 5.97 Å². The number of nitrogens with one attached hydrogen (secondary N) is 1. The largest absolute Gasteiger partial charge is 0.463 e. The van der Waals surface area contributed by atoms with Gasteiger partial charge in [-0.05, 0) is 32.0 Å². The van der Waals surface area contributed by atoms with Crippen LogP contribution in [-0.2, 0) is 9.53 Å². The van der Waals surface area contributed by atoms with Crippen molar-refractivity contribution in [2.75, 3.05) is 38.2 Å². The molecule has 0 bridgehead atoms. The maximum absolute atomic E-state index is 11.0. The number of rotatable bonds is 9. The van der Waals surface area contributed by atoms with Crippen LogP contribution in [0.15, 0.2) is 42.5 Å². The van der Waals surface area contributed by atoms with E-state index in [1.54, 1.807) is 13.0 Å². The number of hydrogen-bond acceptors (Lipinski definition) is 4. The van der Waals surface area contributed by atoms with Crippen molar-refractivity contribution < 1.29 is 9.53 Å². The highest BCUT2D eigenvalue weighted by Gasteiger charge is 1.98. The lowest BCUT2D eigenvalue weighted by Gasteiger charge is -2.19. The van der Waals surface area contributed by atoms with Crippen molar-refractivity contribution in [3.8, 4) is 0 Å². The van der Waals surface area contributed by atoms with Gasteiger partial charge in [-0.1, -0.05) is 24.3 Å². The fourth-order valence-electron chi connectivity index (χ4n) is 1.78. The predicted molar refractivity (Wildman–Crippen MR) is 83.0 cm³/mol. The van der Waals surface area contributed by atoms with Crippen molar-refractivity contribution in [2.24, 2.45) is 0 Å². The second-order valence-corrected chi connectivity index (χ2v) is 4.47. The summed E-state index contributed by atoms with van der Waals surface area (Å²) in [7, 11) is 2.09. The van der Waals surface area contributed by atoms with Crippen LogP contribution < -0.4 is 10.2 Å². The molecule has 0 aliphatic rings. The van der Waals surface area contributed by atoms with Gasteiger partial charge in [-0.15, -0.1) is 0 Å². The molecule has 20 heavy (non-hydrogen) atoms. The summed E-state index contributed by atoms with van der Waals surface area (Å²) in [4.78, 5) is 13.3. The zero-order chi connectivity index (χ0) is 14.6. The van der Waals surface area contributed by atoms with E-state index >= 15 is 0 Å². The molecular weight excluding hydrogens is 252 g/mol. The van der Waals surface area contributed by atoms with Crippen molar-refractivity contribution >= 4 is 11.7 Å². The van der Waals surface area contributed by atoms with Gasteiger partial charge >= 0.3 is 5.97 Å². The first kappa shape index (κ1) is 16.2. The van der Waals surface area contributed by atoms with Crippen LogP contribution in [0, 0.1) is 0 Å². The lowest BCUT2D eigenvalue weighted by molar-refractivity contribution is -0.137. The summed E-state index contributed by atoms with van der Waals surface area (Å²) in [5, 5.41) is 3.27. The second-order valence-electron chi connectivity index (χ2n) is 4.47. The number of esters is 1. The maximum atomic E-state index is 11.0. The van der Waals surface area contributed by atoms with Crippen LogP contribution in [-0.4, -0.2) is 39.3 Å². The Kier molecular flexibility index (Phi) is 8.15.